The Morgan fingerprint density at radius 1 is 1.23 bits per heavy atom. The number of halogens is 1. The van der Waals surface area contributed by atoms with Gasteiger partial charge in [-0.05, 0) is 31.2 Å². The maximum absolute atomic E-state index is 13.5. The van der Waals surface area contributed by atoms with Crippen molar-refractivity contribution in [2.75, 3.05) is 15.9 Å². The summed E-state index contributed by atoms with van der Waals surface area (Å²) in [6.07, 6.45) is 0.898. The molecule has 0 fully saturated rings. The van der Waals surface area contributed by atoms with E-state index in [9.17, 15) is 27.7 Å². The summed E-state index contributed by atoms with van der Waals surface area (Å²) in [5.41, 5.74) is -0.0847. The molecule has 10 heteroatoms. The number of sulfonamides is 1. The standard InChI is InChI=1S/C16H16FN3O5S/c1-11(16(21)18-13-6-4-8-15(10-13)20(22)23)19(26(2,24)25)14-7-3-5-12(17)9-14/h3-11H,1-2H3,(H,18,21)/t11-/m1/s1. The third-order valence-corrected chi connectivity index (χ3v) is 4.72. The molecule has 26 heavy (non-hydrogen) atoms. The zero-order valence-corrected chi connectivity index (χ0v) is 14.7. The van der Waals surface area contributed by atoms with Gasteiger partial charge in [0.25, 0.3) is 5.69 Å². The number of nitro benzene ring substituents is 1. The van der Waals surface area contributed by atoms with Crippen LogP contribution in [0.1, 0.15) is 6.92 Å². The number of carbonyl (C=O) groups excluding carboxylic acids is 1. The largest absolute Gasteiger partial charge is 0.324 e. The van der Waals surface area contributed by atoms with Crippen molar-refractivity contribution in [1.29, 1.82) is 0 Å². The topological polar surface area (TPSA) is 110 Å². The van der Waals surface area contributed by atoms with Crippen LogP contribution in [0.2, 0.25) is 0 Å². The second-order valence-corrected chi connectivity index (χ2v) is 7.37. The number of nitrogens with one attached hydrogen (secondary N) is 1. The number of nitrogens with zero attached hydrogens (tertiary/aromatic N) is 2. The van der Waals surface area contributed by atoms with Gasteiger partial charge < -0.3 is 5.32 Å². The summed E-state index contributed by atoms with van der Waals surface area (Å²) >= 11 is 0. The zero-order valence-electron chi connectivity index (χ0n) is 13.9. The first-order valence-corrected chi connectivity index (χ1v) is 9.24. The third-order valence-electron chi connectivity index (χ3n) is 3.48. The lowest BCUT2D eigenvalue weighted by atomic mass is 10.2. The van der Waals surface area contributed by atoms with E-state index in [-0.39, 0.29) is 17.1 Å². The van der Waals surface area contributed by atoms with Gasteiger partial charge in [-0.1, -0.05) is 12.1 Å². The number of benzene rings is 2. The highest BCUT2D eigenvalue weighted by Gasteiger charge is 2.29. The minimum Gasteiger partial charge on any atom is -0.324 e. The van der Waals surface area contributed by atoms with Crippen LogP contribution in [0.25, 0.3) is 0 Å². The molecule has 0 heterocycles. The maximum atomic E-state index is 13.5. The first-order valence-electron chi connectivity index (χ1n) is 7.40. The molecular formula is C16H16FN3O5S. The molecule has 2 rings (SSSR count). The van der Waals surface area contributed by atoms with Crippen molar-refractivity contribution >= 4 is 33.0 Å². The van der Waals surface area contributed by atoms with Crippen molar-refractivity contribution in [3.8, 4) is 0 Å². The quantitative estimate of drug-likeness (QED) is 0.611. The predicted molar refractivity (Wildman–Crippen MR) is 94.9 cm³/mol. The average Bonchev–Trinajstić information content (AvgIpc) is 2.53. The molecule has 0 radical (unpaired) electrons. The van der Waals surface area contributed by atoms with Crippen LogP contribution in [0.5, 0.6) is 0 Å². The van der Waals surface area contributed by atoms with E-state index in [0.29, 0.717) is 0 Å². The van der Waals surface area contributed by atoms with E-state index in [1.54, 1.807) is 0 Å². The fourth-order valence-corrected chi connectivity index (χ4v) is 3.53. The molecule has 0 saturated carbocycles. The molecule has 0 aromatic heterocycles. The molecule has 0 aliphatic rings. The lowest BCUT2D eigenvalue weighted by molar-refractivity contribution is -0.384. The minimum absolute atomic E-state index is 0.00538. The van der Waals surface area contributed by atoms with Crippen molar-refractivity contribution in [3.05, 3.63) is 64.5 Å². The SMILES string of the molecule is C[C@H](C(=O)Nc1cccc([N+](=O)[O-])c1)N(c1cccc(F)c1)S(C)(=O)=O. The van der Waals surface area contributed by atoms with Crippen LogP contribution >= 0.6 is 0 Å². The maximum Gasteiger partial charge on any atom is 0.271 e. The Balaban J connectivity index is 2.31. The number of nitro groups is 1. The van der Waals surface area contributed by atoms with E-state index in [1.807, 2.05) is 0 Å². The Kier molecular flexibility index (Phi) is 5.56. The Hall–Kier alpha value is -3.01. The van der Waals surface area contributed by atoms with Gasteiger partial charge in [0.15, 0.2) is 0 Å². The van der Waals surface area contributed by atoms with E-state index in [4.69, 9.17) is 0 Å². The molecular weight excluding hydrogens is 365 g/mol. The molecule has 0 saturated heterocycles. The van der Waals surface area contributed by atoms with Gasteiger partial charge in [0.2, 0.25) is 15.9 Å². The number of amides is 1. The highest BCUT2D eigenvalue weighted by molar-refractivity contribution is 7.92. The molecule has 1 amide bonds. The Labute approximate surface area is 149 Å². The van der Waals surface area contributed by atoms with E-state index in [0.717, 1.165) is 28.8 Å². The fraction of sp³-hybridized carbons (Fsp3) is 0.188. The molecule has 0 unspecified atom stereocenters. The van der Waals surface area contributed by atoms with Crippen molar-refractivity contribution in [1.82, 2.24) is 0 Å². The molecule has 138 valence electrons. The fourth-order valence-electron chi connectivity index (χ4n) is 2.37. The molecule has 0 aliphatic carbocycles. The minimum atomic E-state index is -3.90. The van der Waals surface area contributed by atoms with E-state index >= 15 is 0 Å². The van der Waals surface area contributed by atoms with Crippen LogP contribution in [0, 0.1) is 15.9 Å². The Morgan fingerprint density at radius 3 is 2.46 bits per heavy atom. The number of rotatable bonds is 6. The normalized spacial score (nSPS) is 12.3. The zero-order chi connectivity index (χ0) is 19.5. The molecule has 0 aliphatic heterocycles. The molecule has 1 atom stereocenters. The average molecular weight is 381 g/mol. The van der Waals surface area contributed by atoms with E-state index in [1.165, 1.54) is 37.3 Å². The van der Waals surface area contributed by atoms with E-state index in [2.05, 4.69) is 5.32 Å². The van der Waals surface area contributed by atoms with Gasteiger partial charge in [0, 0.05) is 17.8 Å². The highest BCUT2D eigenvalue weighted by Crippen LogP contribution is 2.23. The van der Waals surface area contributed by atoms with Crippen LogP contribution in [0.15, 0.2) is 48.5 Å². The lowest BCUT2D eigenvalue weighted by Crippen LogP contribution is -2.45. The number of carbonyl (C=O) groups is 1. The molecule has 2 aromatic rings. The summed E-state index contributed by atoms with van der Waals surface area (Å²) < 4.78 is 38.5. The van der Waals surface area contributed by atoms with Crippen molar-refractivity contribution in [3.63, 3.8) is 0 Å². The molecule has 8 nitrogen and oxygen atoms in total. The van der Waals surface area contributed by atoms with Crippen molar-refractivity contribution in [2.24, 2.45) is 0 Å². The summed E-state index contributed by atoms with van der Waals surface area (Å²) in [6, 6.07) is 8.85. The molecule has 2 aromatic carbocycles. The Morgan fingerprint density at radius 2 is 1.88 bits per heavy atom. The summed E-state index contributed by atoms with van der Waals surface area (Å²) in [4.78, 5) is 22.6. The summed E-state index contributed by atoms with van der Waals surface area (Å²) in [5.74, 6) is -1.37. The van der Waals surface area contributed by atoms with Gasteiger partial charge in [-0.3, -0.25) is 19.2 Å². The van der Waals surface area contributed by atoms with Crippen LogP contribution in [-0.2, 0) is 14.8 Å². The second-order valence-electron chi connectivity index (χ2n) is 5.51. The van der Waals surface area contributed by atoms with E-state index < -0.39 is 32.7 Å². The first kappa shape index (κ1) is 19.3. The van der Waals surface area contributed by atoms with Gasteiger partial charge in [0.05, 0.1) is 16.9 Å². The molecule has 0 spiro atoms. The van der Waals surface area contributed by atoms with Gasteiger partial charge >= 0.3 is 0 Å². The summed E-state index contributed by atoms with van der Waals surface area (Å²) in [5, 5.41) is 13.2. The number of non-ortho nitro benzene ring substituents is 1. The third kappa shape index (κ3) is 4.54. The van der Waals surface area contributed by atoms with Crippen LogP contribution in [0.4, 0.5) is 21.5 Å². The van der Waals surface area contributed by atoms with Crippen molar-refractivity contribution in [2.45, 2.75) is 13.0 Å². The van der Waals surface area contributed by atoms with Gasteiger partial charge in [-0.2, -0.15) is 0 Å². The summed E-state index contributed by atoms with van der Waals surface area (Å²) in [7, 11) is -3.90. The van der Waals surface area contributed by atoms with Crippen LogP contribution < -0.4 is 9.62 Å². The molecule has 0 bridgehead atoms. The lowest BCUT2D eigenvalue weighted by Gasteiger charge is -2.28. The van der Waals surface area contributed by atoms with Gasteiger partial charge in [-0.15, -0.1) is 0 Å². The smallest absolute Gasteiger partial charge is 0.271 e. The number of hydrogen-bond acceptors (Lipinski definition) is 5. The Bertz CT molecular complexity index is 948. The van der Waals surface area contributed by atoms with Crippen LogP contribution in [-0.4, -0.2) is 31.5 Å². The van der Waals surface area contributed by atoms with Gasteiger partial charge in [-0.25, -0.2) is 12.8 Å². The van der Waals surface area contributed by atoms with Crippen molar-refractivity contribution < 1.29 is 22.5 Å². The van der Waals surface area contributed by atoms with Crippen LogP contribution in [0.3, 0.4) is 0 Å². The highest BCUT2D eigenvalue weighted by atomic mass is 32.2. The monoisotopic (exact) mass is 381 g/mol. The predicted octanol–water partition coefficient (Wildman–Crippen LogP) is 2.53. The summed E-state index contributed by atoms with van der Waals surface area (Å²) in [6.45, 7) is 1.33. The number of anilines is 2. The second kappa shape index (κ2) is 7.48. The van der Waals surface area contributed by atoms with Gasteiger partial charge in [0.1, 0.15) is 11.9 Å². The molecule has 1 N–H and O–H groups in total. The first-order chi connectivity index (χ1) is 12.1. The number of hydrogen-bond donors (Lipinski definition) is 1.